The molecule has 3 aromatic rings. The summed E-state index contributed by atoms with van der Waals surface area (Å²) in [4.78, 5) is 39.1. The average Bonchev–Trinajstić information content (AvgIpc) is 3.35. The standard InChI is InChI=1S/C30H28O10/c1-30(34-2)39-25-24(38-28(33)21-16-10-5-11-17-21)23(37-27(32)20-14-8-4-9-15-20)22(36-29(25)40-30)18-35-26(31)19-12-6-3-7-13-19/h3-17,22-25,29H,18H2,1-2H3/t22-,23-,24+,25+,29+,30?/m1/s1. The number of fused-ring (bicyclic) bond motifs is 1. The molecule has 5 rings (SSSR count). The third-order valence-corrected chi connectivity index (χ3v) is 6.54. The summed E-state index contributed by atoms with van der Waals surface area (Å²) in [6.07, 6.45) is -5.67. The van der Waals surface area contributed by atoms with Crippen LogP contribution in [0.15, 0.2) is 91.0 Å². The topological polar surface area (TPSA) is 116 Å². The lowest BCUT2D eigenvalue weighted by atomic mass is 9.98. The molecule has 2 heterocycles. The largest absolute Gasteiger partial charge is 0.459 e. The van der Waals surface area contributed by atoms with Gasteiger partial charge in [0.25, 0.3) is 5.97 Å². The molecule has 6 atom stereocenters. The van der Waals surface area contributed by atoms with Gasteiger partial charge >= 0.3 is 17.9 Å². The van der Waals surface area contributed by atoms with Gasteiger partial charge in [-0.15, -0.1) is 0 Å². The highest BCUT2D eigenvalue weighted by molar-refractivity contribution is 5.91. The molecule has 10 heteroatoms. The van der Waals surface area contributed by atoms with Gasteiger partial charge in [-0.3, -0.25) is 4.74 Å². The molecule has 40 heavy (non-hydrogen) atoms. The molecule has 0 spiro atoms. The van der Waals surface area contributed by atoms with Gasteiger partial charge in [0.05, 0.1) is 16.7 Å². The second kappa shape index (κ2) is 12.0. The van der Waals surface area contributed by atoms with Crippen LogP contribution >= 0.6 is 0 Å². The number of methoxy groups -OCH3 is 1. The highest BCUT2D eigenvalue weighted by Crippen LogP contribution is 2.39. The minimum atomic E-state index is -1.53. The van der Waals surface area contributed by atoms with Crippen LogP contribution in [0.4, 0.5) is 0 Å². The third kappa shape index (κ3) is 6.05. The Morgan fingerprint density at radius 2 is 1.18 bits per heavy atom. The van der Waals surface area contributed by atoms with Gasteiger partial charge in [0, 0.05) is 14.0 Å². The van der Waals surface area contributed by atoms with Gasteiger partial charge in [0.2, 0.25) is 0 Å². The Balaban J connectivity index is 1.46. The fourth-order valence-electron chi connectivity index (χ4n) is 4.44. The molecule has 1 unspecified atom stereocenters. The number of rotatable bonds is 8. The molecular weight excluding hydrogens is 520 g/mol. The molecule has 0 aromatic heterocycles. The number of hydrogen-bond donors (Lipinski definition) is 0. The normalized spacial score (nSPS) is 27.3. The predicted octanol–water partition coefficient (Wildman–Crippen LogP) is 3.76. The number of esters is 3. The molecule has 2 aliphatic rings. The fraction of sp³-hybridized carbons (Fsp3) is 0.300. The van der Waals surface area contributed by atoms with Crippen LogP contribution in [0.3, 0.4) is 0 Å². The van der Waals surface area contributed by atoms with Crippen molar-refractivity contribution in [1.82, 2.24) is 0 Å². The minimum Gasteiger partial charge on any atom is -0.459 e. The van der Waals surface area contributed by atoms with Crippen LogP contribution in [0.25, 0.3) is 0 Å². The van der Waals surface area contributed by atoms with Crippen molar-refractivity contribution < 1.29 is 47.5 Å². The van der Waals surface area contributed by atoms with Crippen molar-refractivity contribution in [1.29, 1.82) is 0 Å². The van der Waals surface area contributed by atoms with Gasteiger partial charge in [-0.25, -0.2) is 14.4 Å². The van der Waals surface area contributed by atoms with E-state index in [4.69, 9.17) is 33.2 Å². The summed E-state index contributed by atoms with van der Waals surface area (Å²) in [6, 6.07) is 25.0. The lowest BCUT2D eigenvalue weighted by molar-refractivity contribution is -0.334. The fourth-order valence-corrected chi connectivity index (χ4v) is 4.44. The van der Waals surface area contributed by atoms with Crippen LogP contribution in [0.5, 0.6) is 0 Å². The van der Waals surface area contributed by atoms with Crippen molar-refractivity contribution in [2.24, 2.45) is 0 Å². The van der Waals surface area contributed by atoms with E-state index in [-0.39, 0.29) is 17.7 Å². The molecule has 2 saturated heterocycles. The van der Waals surface area contributed by atoms with Crippen LogP contribution in [-0.4, -0.2) is 68.3 Å². The van der Waals surface area contributed by atoms with Gasteiger partial charge in [0.15, 0.2) is 24.6 Å². The van der Waals surface area contributed by atoms with Crippen molar-refractivity contribution in [3.63, 3.8) is 0 Å². The quantitative estimate of drug-likeness (QED) is 0.304. The van der Waals surface area contributed by atoms with E-state index in [2.05, 4.69) is 0 Å². The third-order valence-electron chi connectivity index (χ3n) is 6.54. The summed E-state index contributed by atoms with van der Waals surface area (Å²) in [5.74, 6) is -3.51. The van der Waals surface area contributed by atoms with E-state index in [1.807, 2.05) is 0 Å². The Morgan fingerprint density at radius 1 is 0.700 bits per heavy atom. The summed E-state index contributed by atoms with van der Waals surface area (Å²) in [5.41, 5.74) is 0.871. The molecule has 0 radical (unpaired) electrons. The Hall–Kier alpha value is -4.09. The van der Waals surface area contributed by atoms with Crippen molar-refractivity contribution in [2.45, 2.75) is 43.6 Å². The SMILES string of the molecule is COC1(C)O[C@@H]2O[C@H](COC(=O)c3ccccc3)[C@@H](OC(=O)c3ccccc3)[C@H](OC(=O)c3ccccc3)[C@@H]2O1. The van der Waals surface area contributed by atoms with Gasteiger partial charge in [0.1, 0.15) is 12.7 Å². The average molecular weight is 549 g/mol. The first-order valence-corrected chi connectivity index (χ1v) is 12.7. The Bertz CT molecular complexity index is 1320. The first-order chi connectivity index (χ1) is 19.4. The van der Waals surface area contributed by atoms with Crippen LogP contribution in [0, 0.1) is 0 Å². The first-order valence-electron chi connectivity index (χ1n) is 12.7. The summed E-state index contributed by atoms with van der Waals surface area (Å²) in [5, 5.41) is 0. The van der Waals surface area contributed by atoms with Gasteiger partial charge < -0.3 is 28.4 Å². The number of carbonyl (C=O) groups is 3. The van der Waals surface area contributed by atoms with Crippen LogP contribution in [-0.2, 0) is 33.2 Å². The van der Waals surface area contributed by atoms with Crippen LogP contribution in [0.2, 0.25) is 0 Å². The second-order valence-electron chi connectivity index (χ2n) is 9.25. The number of ether oxygens (including phenoxy) is 7. The summed E-state index contributed by atoms with van der Waals surface area (Å²) in [6.45, 7) is 1.19. The van der Waals surface area contributed by atoms with Gasteiger partial charge in [-0.2, -0.15) is 0 Å². The van der Waals surface area contributed by atoms with E-state index in [9.17, 15) is 14.4 Å². The van der Waals surface area contributed by atoms with E-state index >= 15 is 0 Å². The maximum atomic E-state index is 13.2. The van der Waals surface area contributed by atoms with E-state index in [1.54, 1.807) is 91.0 Å². The number of carbonyl (C=O) groups excluding carboxylic acids is 3. The van der Waals surface area contributed by atoms with Crippen molar-refractivity contribution >= 4 is 17.9 Å². The molecule has 2 aliphatic heterocycles. The molecule has 3 aromatic carbocycles. The molecule has 0 aliphatic carbocycles. The molecule has 0 N–H and O–H groups in total. The van der Waals surface area contributed by atoms with E-state index in [0.717, 1.165) is 0 Å². The summed E-state index contributed by atoms with van der Waals surface area (Å²) >= 11 is 0. The monoisotopic (exact) mass is 548 g/mol. The maximum absolute atomic E-state index is 13.2. The first kappa shape index (κ1) is 27.5. The Kier molecular flexibility index (Phi) is 8.22. The number of benzene rings is 3. The van der Waals surface area contributed by atoms with Crippen molar-refractivity contribution in [3.05, 3.63) is 108 Å². The zero-order chi connectivity index (χ0) is 28.1. The zero-order valence-corrected chi connectivity index (χ0v) is 21.8. The summed E-state index contributed by atoms with van der Waals surface area (Å²) in [7, 11) is 1.38. The molecule has 2 fully saturated rings. The van der Waals surface area contributed by atoms with E-state index in [1.165, 1.54) is 14.0 Å². The number of hydrogen-bond acceptors (Lipinski definition) is 10. The molecule has 0 bridgehead atoms. The molecule has 10 nitrogen and oxygen atoms in total. The predicted molar refractivity (Wildman–Crippen MR) is 138 cm³/mol. The lowest BCUT2D eigenvalue weighted by Gasteiger charge is -2.41. The smallest absolute Gasteiger partial charge is 0.338 e. The highest BCUT2D eigenvalue weighted by atomic mass is 16.9. The van der Waals surface area contributed by atoms with Crippen molar-refractivity contribution in [3.8, 4) is 0 Å². The highest BCUT2D eigenvalue weighted by Gasteiger charge is 2.59. The molecule has 208 valence electrons. The Labute approximate surface area is 230 Å². The molecule has 0 amide bonds. The summed E-state index contributed by atoms with van der Waals surface area (Å²) < 4.78 is 40.6. The van der Waals surface area contributed by atoms with Gasteiger partial charge in [-0.05, 0) is 36.4 Å². The lowest BCUT2D eigenvalue weighted by Crippen LogP contribution is -2.60. The van der Waals surface area contributed by atoms with Crippen molar-refractivity contribution in [2.75, 3.05) is 13.7 Å². The zero-order valence-electron chi connectivity index (χ0n) is 21.8. The molecule has 0 saturated carbocycles. The minimum absolute atomic E-state index is 0.267. The van der Waals surface area contributed by atoms with Gasteiger partial charge in [-0.1, -0.05) is 54.6 Å². The van der Waals surface area contributed by atoms with Crippen LogP contribution in [0.1, 0.15) is 38.0 Å². The van der Waals surface area contributed by atoms with Crippen LogP contribution < -0.4 is 0 Å². The maximum Gasteiger partial charge on any atom is 0.338 e. The van der Waals surface area contributed by atoms with E-state index < -0.39 is 54.6 Å². The second-order valence-corrected chi connectivity index (χ2v) is 9.25. The molecular formula is C30H28O10. The van der Waals surface area contributed by atoms with E-state index in [0.29, 0.717) is 5.56 Å². The Morgan fingerprint density at radius 3 is 1.68 bits per heavy atom.